The maximum atomic E-state index is 5.38. The second-order valence-electron chi connectivity index (χ2n) is 5.28. The molecule has 0 amide bonds. The lowest BCUT2D eigenvalue weighted by atomic mass is 10.1. The summed E-state index contributed by atoms with van der Waals surface area (Å²) in [6.07, 6.45) is 0. The van der Waals surface area contributed by atoms with Gasteiger partial charge in [-0.05, 0) is 18.4 Å². The summed E-state index contributed by atoms with van der Waals surface area (Å²) in [5, 5.41) is 14.1. The first-order chi connectivity index (χ1) is 11.8. The zero-order valence-corrected chi connectivity index (χ0v) is 14.5. The number of H-pyrrole nitrogens is 1. The number of hydrogen-bond donors (Lipinski definition) is 1. The lowest BCUT2D eigenvalue weighted by Crippen LogP contribution is -1.82. The Hall–Kier alpha value is -2.38. The number of benzene rings is 1. The van der Waals surface area contributed by atoms with E-state index in [2.05, 4.69) is 39.4 Å². The summed E-state index contributed by atoms with van der Waals surface area (Å²) in [5.41, 5.74) is 3.13. The number of nitrogens with zero attached hydrogens (tertiary/aromatic N) is 3. The number of thiophene rings is 1. The molecule has 24 heavy (non-hydrogen) atoms. The highest BCUT2D eigenvalue weighted by Gasteiger charge is 2.10. The maximum Gasteiger partial charge on any atom is 0.209 e. The Balaban J connectivity index is 1.42. The molecule has 3 aromatic heterocycles. The van der Waals surface area contributed by atoms with Crippen LogP contribution in [0.15, 0.2) is 57.5 Å². The van der Waals surface area contributed by atoms with Gasteiger partial charge in [-0.15, -0.1) is 16.4 Å². The molecule has 4 aromatic rings. The van der Waals surface area contributed by atoms with Crippen LogP contribution in [0.1, 0.15) is 11.3 Å². The van der Waals surface area contributed by atoms with E-state index >= 15 is 0 Å². The Morgan fingerprint density at radius 2 is 2.08 bits per heavy atom. The van der Waals surface area contributed by atoms with Crippen LogP contribution in [-0.4, -0.2) is 20.3 Å². The smallest absolute Gasteiger partial charge is 0.209 e. The SMILES string of the molecule is Cc1ccc(-c2nc(SCc3cc(-c4cccs4)on3)n[nH]2)cc1. The topological polar surface area (TPSA) is 67.6 Å². The molecule has 0 aliphatic carbocycles. The molecule has 0 spiro atoms. The van der Waals surface area contributed by atoms with Gasteiger partial charge in [-0.2, -0.15) is 0 Å². The van der Waals surface area contributed by atoms with Gasteiger partial charge in [0.15, 0.2) is 11.6 Å². The second-order valence-corrected chi connectivity index (χ2v) is 7.17. The molecule has 4 rings (SSSR count). The fourth-order valence-electron chi connectivity index (χ4n) is 2.20. The molecule has 0 radical (unpaired) electrons. The van der Waals surface area contributed by atoms with Crippen LogP contribution < -0.4 is 0 Å². The first kappa shape index (κ1) is 15.2. The van der Waals surface area contributed by atoms with Gasteiger partial charge in [0.2, 0.25) is 5.16 Å². The van der Waals surface area contributed by atoms with Gasteiger partial charge in [-0.25, -0.2) is 4.98 Å². The predicted octanol–water partition coefficient (Wildman–Crippen LogP) is 4.79. The quantitative estimate of drug-likeness (QED) is 0.522. The number of aryl methyl sites for hydroxylation is 1. The Labute approximate surface area is 147 Å². The van der Waals surface area contributed by atoms with E-state index in [-0.39, 0.29) is 0 Å². The Morgan fingerprint density at radius 3 is 2.88 bits per heavy atom. The molecule has 1 aromatic carbocycles. The van der Waals surface area contributed by atoms with Gasteiger partial charge in [0.1, 0.15) is 0 Å². The van der Waals surface area contributed by atoms with Crippen molar-refractivity contribution in [2.24, 2.45) is 0 Å². The summed E-state index contributed by atoms with van der Waals surface area (Å²) in [6.45, 7) is 2.06. The van der Waals surface area contributed by atoms with E-state index < -0.39 is 0 Å². The van der Waals surface area contributed by atoms with Crippen molar-refractivity contribution < 1.29 is 4.52 Å². The van der Waals surface area contributed by atoms with Crippen molar-refractivity contribution in [3.05, 3.63) is 59.1 Å². The zero-order chi connectivity index (χ0) is 16.4. The second kappa shape index (κ2) is 6.62. The Kier molecular flexibility index (Phi) is 4.18. The molecular weight excluding hydrogens is 340 g/mol. The molecule has 7 heteroatoms. The van der Waals surface area contributed by atoms with Crippen molar-refractivity contribution in [2.45, 2.75) is 17.8 Å². The highest BCUT2D eigenvalue weighted by molar-refractivity contribution is 7.98. The first-order valence-corrected chi connectivity index (χ1v) is 9.26. The molecule has 3 heterocycles. The summed E-state index contributed by atoms with van der Waals surface area (Å²) >= 11 is 3.17. The summed E-state index contributed by atoms with van der Waals surface area (Å²) < 4.78 is 5.38. The average Bonchev–Trinajstić information content (AvgIpc) is 3.34. The largest absolute Gasteiger partial charge is 0.355 e. The molecule has 0 fully saturated rings. The van der Waals surface area contributed by atoms with Crippen molar-refractivity contribution in [3.8, 4) is 22.0 Å². The molecule has 1 N–H and O–H groups in total. The zero-order valence-electron chi connectivity index (χ0n) is 12.9. The molecule has 0 atom stereocenters. The van der Waals surface area contributed by atoms with E-state index in [0.29, 0.717) is 10.9 Å². The minimum absolute atomic E-state index is 0.667. The van der Waals surface area contributed by atoms with Crippen LogP contribution in [0, 0.1) is 6.92 Å². The minimum Gasteiger partial charge on any atom is -0.355 e. The van der Waals surface area contributed by atoms with E-state index in [9.17, 15) is 0 Å². The minimum atomic E-state index is 0.667. The number of aromatic amines is 1. The van der Waals surface area contributed by atoms with Gasteiger partial charge in [-0.3, -0.25) is 5.10 Å². The molecule has 0 bridgehead atoms. The lowest BCUT2D eigenvalue weighted by molar-refractivity contribution is 0.427. The number of rotatable bonds is 5. The lowest BCUT2D eigenvalue weighted by Gasteiger charge is -1.96. The summed E-state index contributed by atoms with van der Waals surface area (Å²) in [7, 11) is 0. The first-order valence-electron chi connectivity index (χ1n) is 7.39. The van der Waals surface area contributed by atoms with Crippen molar-refractivity contribution in [3.63, 3.8) is 0 Å². The number of hydrogen-bond acceptors (Lipinski definition) is 6. The molecule has 0 aliphatic rings. The summed E-state index contributed by atoms with van der Waals surface area (Å²) in [5.74, 6) is 2.24. The Bertz CT molecular complexity index is 926. The van der Waals surface area contributed by atoms with Crippen molar-refractivity contribution >= 4 is 23.1 Å². The molecule has 0 aliphatic heterocycles. The predicted molar refractivity (Wildman–Crippen MR) is 95.9 cm³/mol. The van der Waals surface area contributed by atoms with E-state index in [1.807, 2.05) is 35.7 Å². The molecule has 0 saturated carbocycles. The summed E-state index contributed by atoms with van der Waals surface area (Å²) in [4.78, 5) is 5.60. The van der Waals surface area contributed by atoms with Crippen molar-refractivity contribution in [1.82, 2.24) is 20.3 Å². The number of nitrogens with one attached hydrogen (secondary N) is 1. The van der Waals surface area contributed by atoms with E-state index in [1.54, 1.807) is 11.3 Å². The molecular formula is C17H14N4OS2. The van der Waals surface area contributed by atoms with Gasteiger partial charge < -0.3 is 4.52 Å². The highest BCUT2D eigenvalue weighted by Crippen LogP contribution is 2.28. The van der Waals surface area contributed by atoms with E-state index in [0.717, 1.165) is 27.7 Å². The monoisotopic (exact) mass is 354 g/mol. The van der Waals surface area contributed by atoms with Gasteiger partial charge >= 0.3 is 0 Å². The van der Waals surface area contributed by atoms with Crippen LogP contribution >= 0.6 is 23.1 Å². The normalized spacial score (nSPS) is 11.0. The number of thioether (sulfide) groups is 1. The highest BCUT2D eigenvalue weighted by atomic mass is 32.2. The molecule has 120 valence electrons. The van der Waals surface area contributed by atoms with Crippen LogP contribution in [0.3, 0.4) is 0 Å². The van der Waals surface area contributed by atoms with Crippen molar-refractivity contribution in [2.75, 3.05) is 0 Å². The molecule has 5 nitrogen and oxygen atoms in total. The Morgan fingerprint density at radius 1 is 1.21 bits per heavy atom. The maximum absolute atomic E-state index is 5.38. The van der Waals surface area contributed by atoms with Crippen molar-refractivity contribution in [1.29, 1.82) is 0 Å². The van der Waals surface area contributed by atoms with Gasteiger partial charge in [0.25, 0.3) is 0 Å². The fraction of sp³-hybridized carbons (Fsp3) is 0.118. The van der Waals surface area contributed by atoms with Crippen LogP contribution in [0.2, 0.25) is 0 Å². The third-order valence-electron chi connectivity index (χ3n) is 3.46. The van der Waals surface area contributed by atoms with Crippen LogP contribution in [-0.2, 0) is 5.75 Å². The standard InChI is InChI=1S/C17H14N4OS2/c1-11-4-6-12(7-5-11)16-18-17(20-19-16)24-10-13-9-14(22-21-13)15-3-2-8-23-15/h2-9H,10H2,1H3,(H,18,19,20). The molecule has 0 unspecified atom stereocenters. The van der Waals surface area contributed by atoms with Gasteiger partial charge in [-0.1, -0.05) is 52.8 Å². The average molecular weight is 354 g/mol. The van der Waals surface area contributed by atoms with Crippen LogP contribution in [0.4, 0.5) is 0 Å². The third-order valence-corrected chi connectivity index (χ3v) is 5.23. The van der Waals surface area contributed by atoms with E-state index in [4.69, 9.17) is 4.52 Å². The molecule has 0 saturated heterocycles. The van der Waals surface area contributed by atoms with Gasteiger partial charge in [0, 0.05) is 17.4 Å². The third kappa shape index (κ3) is 3.27. The van der Waals surface area contributed by atoms with Crippen LogP contribution in [0.25, 0.3) is 22.0 Å². The van der Waals surface area contributed by atoms with Gasteiger partial charge in [0.05, 0.1) is 10.6 Å². The number of aromatic nitrogens is 4. The fourth-order valence-corrected chi connectivity index (χ4v) is 3.56. The van der Waals surface area contributed by atoms with E-state index in [1.165, 1.54) is 17.3 Å². The van der Waals surface area contributed by atoms with Crippen LogP contribution in [0.5, 0.6) is 0 Å². The summed E-state index contributed by atoms with van der Waals surface area (Å²) in [6, 6.07) is 14.2.